The van der Waals surface area contributed by atoms with Crippen LogP contribution < -0.4 is 0 Å². The van der Waals surface area contributed by atoms with Crippen molar-refractivity contribution in [1.29, 1.82) is 0 Å². The van der Waals surface area contributed by atoms with Crippen molar-refractivity contribution in [2.45, 2.75) is 37.6 Å². The number of esters is 1. The number of ether oxygens (including phenoxy) is 1. The summed E-state index contributed by atoms with van der Waals surface area (Å²) in [5, 5.41) is 0. The van der Waals surface area contributed by atoms with Crippen LogP contribution in [0.4, 0.5) is 0 Å². The molecule has 0 aromatic heterocycles. The van der Waals surface area contributed by atoms with E-state index in [1.165, 1.54) is 28.6 Å². The SMILES string of the molecule is CCOC(=O)c1ccc(S(=O)(=O)N(C)C(C)C2CC2)cc1. The lowest BCUT2D eigenvalue weighted by molar-refractivity contribution is 0.0526. The van der Waals surface area contributed by atoms with Gasteiger partial charge < -0.3 is 4.74 Å². The topological polar surface area (TPSA) is 63.7 Å². The molecule has 1 atom stereocenters. The van der Waals surface area contributed by atoms with E-state index < -0.39 is 16.0 Å². The van der Waals surface area contributed by atoms with E-state index in [1.807, 2.05) is 6.92 Å². The smallest absolute Gasteiger partial charge is 0.338 e. The number of hydrogen-bond donors (Lipinski definition) is 0. The van der Waals surface area contributed by atoms with Crippen molar-refractivity contribution < 1.29 is 17.9 Å². The summed E-state index contributed by atoms with van der Waals surface area (Å²) in [4.78, 5) is 11.8. The molecule has 0 amide bonds. The molecule has 1 aromatic rings. The lowest BCUT2D eigenvalue weighted by atomic mass is 10.2. The van der Waals surface area contributed by atoms with Gasteiger partial charge in [-0.25, -0.2) is 13.2 Å². The molecule has 1 fully saturated rings. The van der Waals surface area contributed by atoms with Crippen LogP contribution in [0.5, 0.6) is 0 Å². The van der Waals surface area contributed by atoms with Crippen molar-refractivity contribution in [3.05, 3.63) is 29.8 Å². The summed E-state index contributed by atoms with van der Waals surface area (Å²) in [6.07, 6.45) is 2.17. The molecular formula is C15H21NO4S. The van der Waals surface area contributed by atoms with Crippen LogP contribution in [0.25, 0.3) is 0 Å². The van der Waals surface area contributed by atoms with Gasteiger partial charge in [-0.3, -0.25) is 0 Å². The van der Waals surface area contributed by atoms with E-state index in [0.29, 0.717) is 18.1 Å². The molecule has 0 heterocycles. The Morgan fingerprint density at radius 2 is 1.90 bits per heavy atom. The maximum atomic E-state index is 12.5. The van der Waals surface area contributed by atoms with Gasteiger partial charge in [0.05, 0.1) is 17.1 Å². The van der Waals surface area contributed by atoms with Crippen molar-refractivity contribution in [2.24, 2.45) is 5.92 Å². The van der Waals surface area contributed by atoms with Crippen LogP contribution in [0.3, 0.4) is 0 Å². The maximum Gasteiger partial charge on any atom is 0.338 e. The molecule has 6 heteroatoms. The number of carbonyl (C=O) groups is 1. The van der Waals surface area contributed by atoms with Gasteiger partial charge in [0.2, 0.25) is 10.0 Å². The first kappa shape index (κ1) is 16.0. The molecule has 0 radical (unpaired) electrons. The molecule has 0 aliphatic heterocycles. The molecule has 0 spiro atoms. The van der Waals surface area contributed by atoms with Crippen LogP contribution in [0.1, 0.15) is 37.0 Å². The fourth-order valence-corrected chi connectivity index (χ4v) is 3.66. The van der Waals surface area contributed by atoms with Crippen molar-refractivity contribution in [3.63, 3.8) is 0 Å². The summed E-state index contributed by atoms with van der Waals surface area (Å²) in [5.74, 6) is 0.0183. The summed E-state index contributed by atoms with van der Waals surface area (Å²) in [6.45, 7) is 3.95. The van der Waals surface area contributed by atoms with E-state index in [-0.39, 0.29) is 10.9 Å². The van der Waals surface area contributed by atoms with Crippen LogP contribution in [0.15, 0.2) is 29.2 Å². The molecule has 0 bridgehead atoms. The largest absolute Gasteiger partial charge is 0.462 e. The van der Waals surface area contributed by atoms with Crippen molar-refractivity contribution in [3.8, 4) is 0 Å². The van der Waals surface area contributed by atoms with Gasteiger partial charge in [-0.1, -0.05) is 0 Å². The lowest BCUT2D eigenvalue weighted by Crippen LogP contribution is -2.36. The minimum Gasteiger partial charge on any atom is -0.462 e. The number of rotatable bonds is 6. The Balaban J connectivity index is 2.18. The Labute approximate surface area is 126 Å². The van der Waals surface area contributed by atoms with E-state index in [2.05, 4.69) is 0 Å². The average Bonchev–Trinajstić information content (AvgIpc) is 3.30. The third kappa shape index (κ3) is 3.44. The monoisotopic (exact) mass is 311 g/mol. The van der Waals surface area contributed by atoms with Crippen molar-refractivity contribution in [2.75, 3.05) is 13.7 Å². The molecule has 21 heavy (non-hydrogen) atoms. The van der Waals surface area contributed by atoms with Gasteiger partial charge in [0.25, 0.3) is 0 Å². The van der Waals surface area contributed by atoms with E-state index in [1.54, 1.807) is 14.0 Å². The standard InChI is InChI=1S/C15H21NO4S/c1-4-20-15(17)13-7-9-14(10-8-13)21(18,19)16(3)11(2)12-5-6-12/h7-12H,4-6H2,1-3H3. The predicted molar refractivity (Wildman–Crippen MR) is 79.5 cm³/mol. The number of carbonyl (C=O) groups excluding carboxylic acids is 1. The number of hydrogen-bond acceptors (Lipinski definition) is 4. The van der Waals surface area contributed by atoms with Crippen molar-refractivity contribution in [1.82, 2.24) is 4.31 Å². The lowest BCUT2D eigenvalue weighted by Gasteiger charge is -2.24. The highest BCUT2D eigenvalue weighted by molar-refractivity contribution is 7.89. The first-order valence-corrected chi connectivity index (χ1v) is 8.57. The van der Waals surface area contributed by atoms with Crippen LogP contribution in [0.2, 0.25) is 0 Å². The van der Waals surface area contributed by atoms with Gasteiger partial charge in [-0.15, -0.1) is 0 Å². The molecule has 5 nitrogen and oxygen atoms in total. The zero-order chi connectivity index (χ0) is 15.6. The number of benzene rings is 1. The minimum atomic E-state index is -3.52. The van der Waals surface area contributed by atoms with E-state index in [9.17, 15) is 13.2 Å². The quantitative estimate of drug-likeness (QED) is 0.756. The minimum absolute atomic E-state index is 0.000247. The summed E-state index contributed by atoms with van der Waals surface area (Å²) >= 11 is 0. The zero-order valence-corrected chi connectivity index (χ0v) is 13.4. The molecule has 2 rings (SSSR count). The second kappa shape index (κ2) is 6.15. The van der Waals surface area contributed by atoms with Gasteiger partial charge in [-0.2, -0.15) is 4.31 Å². The van der Waals surface area contributed by atoms with Gasteiger partial charge in [-0.05, 0) is 56.9 Å². The third-order valence-corrected chi connectivity index (χ3v) is 5.88. The molecule has 116 valence electrons. The van der Waals surface area contributed by atoms with Crippen LogP contribution in [-0.2, 0) is 14.8 Å². The summed E-state index contributed by atoms with van der Waals surface area (Å²) in [7, 11) is -1.91. The fraction of sp³-hybridized carbons (Fsp3) is 0.533. The summed E-state index contributed by atoms with van der Waals surface area (Å²) in [5.41, 5.74) is 0.355. The molecule has 1 aliphatic carbocycles. The Bertz CT molecular complexity index is 605. The Morgan fingerprint density at radius 3 is 2.38 bits per heavy atom. The Morgan fingerprint density at radius 1 is 1.33 bits per heavy atom. The molecule has 1 unspecified atom stereocenters. The molecule has 1 aromatic carbocycles. The van der Waals surface area contributed by atoms with Gasteiger partial charge in [0, 0.05) is 13.1 Å². The first-order valence-electron chi connectivity index (χ1n) is 7.13. The third-order valence-electron chi connectivity index (χ3n) is 3.92. The highest BCUT2D eigenvalue weighted by Crippen LogP contribution is 2.36. The summed E-state index contributed by atoms with van der Waals surface area (Å²) < 4.78 is 31.3. The second-order valence-electron chi connectivity index (χ2n) is 5.34. The molecule has 0 saturated heterocycles. The number of nitrogens with zero attached hydrogens (tertiary/aromatic N) is 1. The highest BCUT2D eigenvalue weighted by Gasteiger charge is 2.35. The van der Waals surface area contributed by atoms with Gasteiger partial charge in [0.15, 0.2) is 0 Å². The Kier molecular flexibility index (Phi) is 4.68. The van der Waals surface area contributed by atoms with Gasteiger partial charge >= 0.3 is 5.97 Å². The van der Waals surface area contributed by atoms with Crippen molar-refractivity contribution >= 4 is 16.0 Å². The van der Waals surface area contributed by atoms with Gasteiger partial charge in [0.1, 0.15) is 0 Å². The Hall–Kier alpha value is -1.40. The maximum absolute atomic E-state index is 12.5. The van der Waals surface area contributed by atoms with Crippen LogP contribution >= 0.6 is 0 Å². The first-order chi connectivity index (χ1) is 9.87. The second-order valence-corrected chi connectivity index (χ2v) is 7.34. The van der Waals surface area contributed by atoms with Crippen LogP contribution in [0, 0.1) is 5.92 Å². The molecular weight excluding hydrogens is 290 g/mol. The predicted octanol–water partition coefficient (Wildman–Crippen LogP) is 2.28. The van der Waals surface area contributed by atoms with E-state index >= 15 is 0 Å². The molecule has 0 N–H and O–H groups in total. The number of sulfonamides is 1. The fourth-order valence-electron chi connectivity index (χ4n) is 2.24. The average molecular weight is 311 g/mol. The summed E-state index contributed by atoms with van der Waals surface area (Å²) in [6, 6.07) is 5.89. The van der Waals surface area contributed by atoms with E-state index in [4.69, 9.17) is 4.74 Å². The van der Waals surface area contributed by atoms with E-state index in [0.717, 1.165) is 12.8 Å². The normalized spacial score (nSPS) is 16.8. The van der Waals surface area contributed by atoms with Crippen LogP contribution in [-0.4, -0.2) is 38.4 Å². The molecule has 1 aliphatic rings. The zero-order valence-electron chi connectivity index (χ0n) is 12.6. The molecule has 1 saturated carbocycles. The highest BCUT2D eigenvalue weighted by atomic mass is 32.2.